The summed E-state index contributed by atoms with van der Waals surface area (Å²) in [6, 6.07) is 1.66. The normalized spacial score (nSPS) is 16.7. The van der Waals surface area contributed by atoms with E-state index in [2.05, 4.69) is 20.1 Å². The van der Waals surface area contributed by atoms with Gasteiger partial charge in [-0.3, -0.25) is 14.6 Å². The number of nitrogens with one attached hydrogen (secondary N) is 2. The maximum atomic E-state index is 12.5. The van der Waals surface area contributed by atoms with Gasteiger partial charge in [0.05, 0.1) is 11.3 Å². The van der Waals surface area contributed by atoms with Gasteiger partial charge >= 0.3 is 5.69 Å². The number of amides is 1. The molecule has 1 amide bonds. The summed E-state index contributed by atoms with van der Waals surface area (Å²) in [6.07, 6.45) is 4.98. The van der Waals surface area contributed by atoms with Crippen molar-refractivity contribution in [2.45, 2.75) is 20.3 Å². The number of aromatic nitrogens is 5. The van der Waals surface area contributed by atoms with E-state index < -0.39 is 11.2 Å². The molecule has 0 unspecified atom stereocenters. The van der Waals surface area contributed by atoms with Gasteiger partial charge in [0.15, 0.2) is 5.65 Å². The van der Waals surface area contributed by atoms with Crippen molar-refractivity contribution >= 4 is 17.2 Å². The number of nitrogens with zero attached hydrogens (tertiary/aromatic N) is 4. The van der Waals surface area contributed by atoms with Crippen molar-refractivity contribution in [1.29, 1.82) is 0 Å². The van der Waals surface area contributed by atoms with Gasteiger partial charge in [-0.15, -0.1) is 0 Å². The molecule has 0 aromatic carbocycles. The summed E-state index contributed by atoms with van der Waals surface area (Å²) in [5.74, 6) is 0.00225. The van der Waals surface area contributed by atoms with Crippen LogP contribution in [0, 0.1) is 5.41 Å². The highest BCUT2D eigenvalue weighted by atomic mass is 16.2. The number of fused-ring (bicyclic) bond motifs is 1. The molecule has 1 saturated heterocycles. The molecule has 0 atom stereocenters. The van der Waals surface area contributed by atoms with E-state index in [9.17, 15) is 14.4 Å². The lowest BCUT2D eigenvalue weighted by atomic mass is 9.93. The van der Waals surface area contributed by atoms with Gasteiger partial charge in [-0.1, -0.05) is 13.8 Å². The molecular weight excluding hydrogens is 324 g/mol. The van der Waals surface area contributed by atoms with E-state index in [4.69, 9.17) is 0 Å². The topological polar surface area (TPSA) is 116 Å². The molecule has 128 valence electrons. The Morgan fingerprint density at radius 1 is 1.24 bits per heavy atom. The molecule has 0 radical (unpaired) electrons. The molecule has 4 heterocycles. The molecule has 0 saturated carbocycles. The first-order valence-corrected chi connectivity index (χ1v) is 7.81. The maximum Gasteiger partial charge on any atom is 0.325 e. The predicted octanol–water partition coefficient (Wildman–Crippen LogP) is 0.536. The molecule has 25 heavy (non-hydrogen) atoms. The van der Waals surface area contributed by atoms with E-state index in [0.29, 0.717) is 30.0 Å². The van der Waals surface area contributed by atoms with Gasteiger partial charge in [0.25, 0.3) is 5.56 Å². The number of rotatable bonds is 2. The quantitative estimate of drug-likeness (QED) is 0.706. The Hall–Kier alpha value is -3.23. The van der Waals surface area contributed by atoms with Crippen molar-refractivity contribution in [3.8, 4) is 11.3 Å². The molecule has 1 fully saturated rings. The van der Waals surface area contributed by atoms with E-state index in [-0.39, 0.29) is 16.9 Å². The fraction of sp³-hybridized carbons (Fsp3) is 0.312. The van der Waals surface area contributed by atoms with Crippen LogP contribution in [0.3, 0.4) is 0 Å². The highest BCUT2D eigenvalue weighted by Crippen LogP contribution is 2.35. The van der Waals surface area contributed by atoms with Gasteiger partial charge in [0.2, 0.25) is 5.91 Å². The molecule has 0 bridgehead atoms. The summed E-state index contributed by atoms with van der Waals surface area (Å²) in [5.41, 5.74) is 0.410. The first kappa shape index (κ1) is 15.3. The Morgan fingerprint density at radius 2 is 2.04 bits per heavy atom. The zero-order chi connectivity index (χ0) is 17.8. The van der Waals surface area contributed by atoms with Gasteiger partial charge in [-0.05, 0) is 11.5 Å². The summed E-state index contributed by atoms with van der Waals surface area (Å²) in [7, 11) is 0. The van der Waals surface area contributed by atoms with E-state index in [0.717, 1.165) is 0 Å². The van der Waals surface area contributed by atoms with Crippen LogP contribution in [-0.2, 0) is 4.79 Å². The Kier molecular flexibility index (Phi) is 3.14. The molecule has 1 aliphatic rings. The van der Waals surface area contributed by atoms with Crippen LogP contribution in [0.15, 0.2) is 34.2 Å². The number of imidazole rings is 1. The fourth-order valence-electron chi connectivity index (χ4n) is 3.13. The molecule has 3 aromatic heterocycles. The van der Waals surface area contributed by atoms with Gasteiger partial charge in [-0.25, -0.2) is 14.3 Å². The van der Waals surface area contributed by atoms with E-state index >= 15 is 0 Å². The van der Waals surface area contributed by atoms with Crippen molar-refractivity contribution in [3.63, 3.8) is 0 Å². The molecule has 4 rings (SSSR count). The molecule has 3 aromatic rings. The Bertz CT molecular complexity index is 1110. The number of aromatic amines is 2. The van der Waals surface area contributed by atoms with E-state index in [1.807, 2.05) is 13.8 Å². The second kappa shape index (κ2) is 5.13. The molecule has 1 aliphatic heterocycles. The molecule has 9 heteroatoms. The predicted molar refractivity (Wildman–Crippen MR) is 90.4 cm³/mol. The number of carbonyl (C=O) groups is 1. The van der Waals surface area contributed by atoms with Crippen LogP contribution in [-0.4, -0.2) is 37.0 Å². The van der Waals surface area contributed by atoms with Crippen LogP contribution in [0.2, 0.25) is 0 Å². The lowest BCUT2D eigenvalue weighted by molar-refractivity contribution is -0.117. The van der Waals surface area contributed by atoms with Crippen LogP contribution in [0.4, 0.5) is 5.69 Å². The molecule has 0 spiro atoms. The third-order valence-electron chi connectivity index (χ3n) is 4.24. The zero-order valence-electron chi connectivity index (χ0n) is 13.7. The summed E-state index contributed by atoms with van der Waals surface area (Å²) >= 11 is 0. The standard InChI is InChI=1S/C16H16N6O3/c1-16(2)6-12(23)21(8-16)11-5-10(20-22-4-3-17-13(11)22)9-7-18-15(25)19-14(9)24/h3-5,7H,6,8H2,1-2H3,(H2,18,19,24,25). The fourth-order valence-corrected chi connectivity index (χ4v) is 3.13. The lowest BCUT2D eigenvalue weighted by Gasteiger charge is -2.20. The minimum absolute atomic E-state index is 0.00225. The zero-order valence-corrected chi connectivity index (χ0v) is 13.7. The van der Waals surface area contributed by atoms with Crippen LogP contribution >= 0.6 is 0 Å². The average molecular weight is 340 g/mol. The average Bonchev–Trinajstić information content (AvgIpc) is 3.09. The van der Waals surface area contributed by atoms with Gasteiger partial charge < -0.3 is 9.88 Å². The highest BCUT2D eigenvalue weighted by molar-refractivity contribution is 5.99. The minimum Gasteiger partial charge on any atom is -0.313 e. The minimum atomic E-state index is -0.589. The SMILES string of the molecule is CC1(C)CC(=O)N(c2cc(-c3c[nH]c(=O)[nH]c3=O)nn3ccnc23)C1. The van der Waals surface area contributed by atoms with E-state index in [1.54, 1.807) is 23.4 Å². The van der Waals surface area contributed by atoms with Crippen molar-refractivity contribution in [2.75, 3.05) is 11.4 Å². The van der Waals surface area contributed by atoms with Crippen LogP contribution in [0.25, 0.3) is 16.9 Å². The largest absolute Gasteiger partial charge is 0.325 e. The van der Waals surface area contributed by atoms with Crippen molar-refractivity contribution in [1.82, 2.24) is 24.6 Å². The second-order valence-electron chi connectivity index (χ2n) is 6.92. The molecular formula is C16H16N6O3. The first-order valence-electron chi connectivity index (χ1n) is 7.81. The monoisotopic (exact) mass is 340 g/mol. The molecule has 2 N–H and O–H groups in total. The number of H-pyrrole nitrogens is 2. The highest BCUT2D eigenvalue weighted by Gasteiger charge is 2.37. The Morgan fingerprint density at radius 3 is 2.72 bits per heavy atom. The van der Waals surface area contributed by atoms with Crippen molar-refractivity contribution in [2.24, 2.45) is 5.41 Å². The van der Waals surface area contributed by atoms with Crippen LogP contribution in [0.5, 0.6) is 0 Å². The van der Waals surface area contributed by atoms with Crippen molar-refractivity contribution in [3.05, 3.63) is 45.5 Å². The first-order chi connectivity index (χ1) is 11.8. The molecule has 0 aliphatic carbocycles. The number of carbonyl (C=O) groups excluding carboxylic acids is 1. The third kappa shape index (κ3) is 2.53. The van der Waals surface area contributed by atoms with Crippen LogP contribution < -0.4 is 16.1 Å². The second-order valence-corrected chi connectivity index (χ2v) is 6.92. The lowest BCUT2D eigenvalue weighted by Crippen LogP contribution is -2.27. The Labute approximate surface area is 141 Å². The van der Waals surface area contributed by atoms with Gasteiger partial charge in [-0.2, -0.15) is 5.10 Å². The smallest absolute Gasteiger partial charge is 0.313 e. The van der Waals surface area contributed by atoms with Crippen molar-refractivity contribution < 1.29 is 4.79 Å². The number of anilines is 1. The summed E-state index contributed by atoms with van der Waals surface area (Å²) in [6.45, 7) is 4.62. The van der Waals surface area contributed by atoms with Gasteiger partial charge in [0.1, 0.15) is 5.69 Å². The van der Waals surface area contributed by atoms with Crippen LogP contribution in [0.1, 0.15) is 20.3 Å². The summed E-state index contributed by atoms with van der Waals surface area (Å²) < 4.78 is 1.52. The maximum absolute atomic E-state index is 12.5. The van der Waals surface area contributed by atoms with Gasteiger partial charge in [0, 0.05) is 31.6 Å². The Balaban J connectivity index is 1.93. The summed E-state index contributed by atoms with van der Waals surface area (Å²) in [5, 5.41) is 4.36. The van der Waals surface area contributed by atoms with E-state index in [1.165, 1.54) is 10.7 Å². The summed E-state index contributed by atoms with van der Waals surface area (Å²) in [4.78, 5) is 46.4. The number of hydrogen-bond donors (Lipinski definition) is 2. The third-order valence-corrected chi connectivity index (χ3v) is 4.24. The number of hydrogen-bond acceptors (Lipinski definition) is 5. The molecule has 9 nitrogen and oxygen atoms in total.